The number of methoxy groups -OCH3 is 1. The van der Waals surface area contributed by atoms with Crippen LogP contribution in [-0.4, -0.2) is 48.5 Å². The maximum atomic E-state index is 12.1. The number of ether oxygens (including phenoxy) is 3. The van der Waals surface area contributed by atoms with E-state index in [1.165, 1.54) is 13.3 Å². The number of carbonyl (C=O) groups is 2. The number of benzene rings is 2. The van der Waals surface area contributed by atoms with Gasteiger partial charge in [-0.15, -0.1) is 0 Å². The molecule has 1 aromatic heterocycles. The van der Waals surface area contributed by atoms with Gasteiger partial charge in [0.05, 0.1) is 16.9 Å². The lowest BCUT2D eigenvalue weighted by Gasteiger charge is -2.12. The second-order valence-corrected chi connectivity index (χ2v) is 7.29. The minimum atomic E-state index is -1.09. The molecule has 31 heavy (non-hydrogen) atoms. The van der Waals surface area contributed by atoms with Gasteiger partial charge in [0.2, 0.25) is 0 Å². The number of carboxylic acid groups (broad SMARTS) is 1. The van der Waals surface area contributed by atoms with Crippen molar-refractivity contribution in [2.24, 2.45) is 5.10 Å². The molecule has 0 bridgehead atoms. The molecular formula is C21H18IN3O6. The summed E-state index contributed by atoms with van der Waals surface area (Å²) >= 11 is 2.00. The van der Waals surface area contributed by atoms with Gasteiger partial charge in [0, 0.05) is 11.6 Å². The summed E-state index contributed by atoms with van der Waals surface area (Å²) in [6.07, 6.45) is 3.09. The van der Waals surface area contributed by atoms with Gasteiger partial charge >= 0.3 is 5.97 Å². The number of halogens is 1. The molecule has 0 atom stereocenters. The van der Waals surface area contributed by atoms with Crippen molar-refractivity contribution in [3.63, 3.8) is 0 Å². The lowest BCUT2D eigenvalue weighted by Crippen LogP contribution is -2.24. The molecule has 0 unspecified atom stereocenters. The van der Waals surface area contributed by atoms with E-state index in [0.717, 1.165) is 5.39 Å². The third-order valence-electron chi connectivity index (χ3n) is 3.95. The second kappa shape index (κ2) is 10.6. The Labute approximate surface area is 191 Å². The Morgan fingerprint density at radius 3 is 2.74 bits per heavy atom. The van der Waals surface area contributed by atoms with Gasteiger partial charge in [-0.25, -0.2) is 10.2 Å². The molecule has 160 valence electrons. The molecule has 10 heteroatoms. The van der Waals surface area contributed by atoms with E-state index in [1.807, 2.05) is 46.9 Å². The average Bonchev–Trinajstić information content (AvgIpc) is 2.76. The second-order valence-electron chi connectivity index (χ2n) is 6.13. The maximum absolute atomic E-state index is 12.1. The molecule has 0 aliphatic rings. The van der Waals surface area contributed by atoms with Crippen molar-refractivity contribution < 1.29 is 28.9 Å². The third kappa shape index (κ3) is 6.04. The number of nitrogens with one attached hydrogen (secondary N) is 1. The van der Waals surface area contributed by atoms with E-state index in [0.29, 0.717) is 31.9 Å². The molecule has 3 rings (SSSR count). The molecule has 0 radical (unpaired) electrons. The van der Waals surface area contributed by atoms with E-state index in [1.54, 1.807) is 24.4 Å². The number of carboxylic acids is 1. The molecule has 1 amide bonds. The number of pyridine rings is 1. The Kier molecular flexibility index (Phi) is 7.60. The van der Waals surface area contributed by atoms with Gasteiger partial charge in [-0.1, -0.05) is 18.2 Å². The van der Waals surface area contributed by atoms with Gasteiger partial charge in [-0.2, -0.15) is 5.10 Å². The molecule has 3 aromatic rings. The standard InChI is InChI=1S/C21H18IN3O6/c1-29-17-9-13(8-15(22)21(17)31-12-19(27)28)10-24-25-18(26)11-30-16-6-2-4-14-5-3-7-23-20(14)16/h2-10H,11-12H2,1H3,(H,25,26)(H,27,28)/b24-10-. The first-order valence-corrected chi connectivity index (χ1v) is 10.1. The summed E-state index contributed by atoms with van der Waals surface area (Å²) in [5, 5.41) is 13.6. The van der Waals surface area contributed by atoms with Gasteiger partial charge in [0.25, 0.3) is 5.91 Å². The van der Waals surface area contributed by atoms with Crippen molar-refractivity contribution in [1.29, 1.82) is 0 Å². The highest BCUT2D eigenvalue weighted by molar-refractivity contribution is 14.1. The van der Waals surface area contributed by atoms with Gasteiger partial charge in [0.15, 0.2) is 24.7 Å². The average molecular weight is 535 g/mol. The number of rotatable bonds is 9. The summed E-state index contributed by atoms with van der Waals surface area (Å²) in [6, 6.07) is 12.6. The minimum Gasteiger partial charge on any atom is -0.493 e. The van der Waals surface area contributed by atoms with Gasteiger partial charge in [-0.3, -0.25) is 9.78 Å². The number of hydrazone groups is 1. The predicted octanol–water partition coefficient (Wildman–Crippen LogP) is 2.84. The molecule has 0 saturated carbocycles. The van der Waals surface area contributed by atoms with Crippen LogP contribution in [0.2, 0.25) is 0 Å². The zero-order valence-corrected chi connectivity index (χ0v) is 18.5. The summed E-state index contributed by atoms with van der Waals surface area (Å²) < 4.78 is 16.7. The molecule has 0 spiro atoms. The number of aromatic nitrogens is 1. The van der Waals surface area contributed by atoms with E-state index in [2.05, 4.69) is 15.5 Å². The highest BCUT2D eigenvalue weighted by atomic mass is 127. The van der Waals surface area contributed by atoms with Gasteiger partial charge in [-0.05, 0) is 52.4 Å². The highest BCUT2D eigenvalue weighted by Gasteiger charge is 2.13. The highest BCUT2D eigenvalue weighted by Crippen LogP contribution is 2.33. The Hall–Kier alpha value is -3.41. The number of para-hydroxylation sites is 1. The quantitative estimate of drug-likeness (QED) is 0.246. The molecule has 1 heterocycles. The summed E-state index contributed by atoms with van der Waals surface area (Å²) in [7, 11) is 1.45. The van der Waals surface area contributed by atoms with Crippen LogP contribution in [-0.2, 0) is 9.59 Å². The van der Waals surface area contributed by atoms with Crippen molar-refractivity contribution in [3.05, 3.63) is 57.8 Å². The molecule has 0 fully saturated rings. The molecule has 0 aliphatic heterocycles. The van der Waals surface area contributed by atoms with Crippen LogP contribution >= 0.6 is 22.6 Å². The van der Waals surface area contributed by atoms with E-state index in [-0.39, 0.29) is 6.61 Å². The first-order valence-electron chi connectivity index (χ1n) is 8.98. The van der Waals surface area contributed by atoms with Crippen molar-refractivity contribution in [2.45, 2.75) is 0 Å². The smallest absolute Gasteiger partial charge is 0.341 e. The fourth-order valence-corrected chi connectivity index (χ4v) is 3.42. The summed E-state index contributed by atoms with van der Waals surface area (Å²) in [6.45, 7) is -0.710. The van der Waals surface area contributed by atoms with Crippen LogP contribution in [0.15, 0.2) is 53.8 Å². The van der Waals surface area contributed by atoms with Crippen LogP contribution in [0.25, 0.3) is 10.9 Å². The molecular weight excluding hydrogens is 517 g/mol. The number of amides is 1. The summed E-state index contributed by atoms with van der Waals surface area (Å²) in [4.78, 5) is 27.1. The number of hydrogen-bond donors (Lipinski definition) is 2. The van der Waals surface area contributed by atoms with Crippen LogP contribution in [0.5, 0.6) is 17.2 Å². The number of aliphatic carboxylic acids is 1. The van der Waals surface area contributed by atoms with Crippen LogP contribution in [0, 0.1) is 3.57 Å². The first-order chi connectivity index (χ1) is 15.0. The molecule has 0 aliphatic carbocycles. The fraction of sp³-hybridized carbons (Fsp3) is 0.143. The molecule has 0 saturated heterocycles. The zero-order chi connectivity index (χ0) is 22.2. The zero-order valence-electron chi connectivity index (χ0n) is 16.4. The molecule has 2 N–H and O–H groups in total. The normalized spacial score (nSPS) is 10.8. The van der Waals surface area contributed by atoms with Gasteiger partial charge < -0.3 is 19.3 Å². The fourth-order valence-electron chi connectivity index (χ4n) is 2.64. The van der Waals surface area contributed by atoms with Crippen molar-refractivity contribution >= 4 is 51.6 Å². The van der Waals surface area contributed by atoms with Crippen molar-refractivity contribution in [2.75, 3.05) is 20.3 Å². The number of fused-ring (bicyclic) bond motifs is 1. The maximum Gasteiger partial charge on any atom is 0.341 e. The topological polar surface area (TPSA) is 119 Å². The van der Waals surface area contributed by atoms with E-state index >= 15 is 0 Å². The van der Waals surface area contributed by atoms with E-state index in [9.17, 15) is 9.59 Å². The number of carbonyl (C=O) groups excluding carboxylic acids is 1. The monoisotopic (exact) mass is 535 g/mol. The Bertz CT molecular complexity index is 1130. The first kappa shape index (κ1) is 22.3. The minimum absolute atomic E-state index is 0.226. The van der Waals surface area contributed by atoms with E-state index in [4.69, 9.17) is 19.3 Å². The Morgan fingerprint density at radius 1 is 1.16 bits per heavy atom. The van der Waals surface area contributed by atoms with Crippen molar-refractivity contribution in [3.8, 4) is 17.2 Å². The van der Waals surface area contributed by atoms with Crippen LogP contribution < -0.4 is 19.6 Å². The summed E-state index contributed by atoms with van der Waals surface area (Å²) in [5.41, 5.74) is 3.70. The van der Waals surface area contributed by atoms with Crippen molar-refractivity contribution in [1.82, 2.24) is 10.4 Å². The Morgan fingerprint density at radius 2 is 1.97 bits per heavy atom. The molecule has 9 nitrogen and oxygen atoms in total. The largest absolute Gasteiger partial charge is 0.493 e. The SMILES string of the molecule is COc1cc(/C=N\NC(=O)COc2cccc3cccnc23)cc(I)c1OCC(=O)O. The lowest BCUT2D eigenvalue weighted by atomic mass is 10.2. The Balaban J connectivity index is 1.60. The predicted molar refractivity (Wildman–Crippen MR) is 122 cm³/mol. The number of hydrogen-bond acceptors (Lipinski definition) is 7. The van der Waals surface area contributed by atoms with Crippen LogP contribution in [0.3, 0.4) is 0 Å². The lowest BCUT2D eigenvalue weighted by molar-refractivity contribution is -0.139. The third-order valence-corrected chi connectivity index (χ3v) is 4.75. The van der Waals surface area contributed by atoms with Gasteiger partial charge in [0.1, 0.15) is 11.3 Å². The van der Waals surface area contributed by atoms with Crippen LogP contribution in [0.1, 0.15) is 5.56 Å². The number of nitrogens with zero attached hydrogens (tertiary/aromatic N) is 2. The molecule has 2 aromatic carbocycles. The van der Waals surface area contributed by atoms with E-state index < -0.39 is 18.5 Å². The van der Waals surface area contributed by atoms with Crippen LogP contribution in [0.4, 0.5) is 0 Å². The summed E-state index contributed by atoms with van der Waals surface area (Å²) in [5.74, 6) is -0.343.